The second-order valence-electron chi connectivity index (χ2n) is 17.2. The molecule has 0 spiro atoms. The van der Waals surface area contributed by atoms with Gasteiger partial charge in [0.15, 0.2) is 6.04 Å². The molecular weight excluding hydrogens is 817 g/mol. The maximum Gasteiger partial charge on any atom is 0.513 e. The number of aromatic amines is 2. The number of quaternary nitrogens is 1. The molecule has 6 aromatic rings. The van der Waals surface area contributed by atoms with Crippen LogP contribution < -0.4 is 15.4 Å². The summed E-state index contributed by atoms with van der Waals surface area (Å²) in [6.45, 7) is 5.73. The van der Waals surface area contributed by atoms with Crippen LogP contribution in [0.5, 0.6) is 5.75 Å². The Morgan fingerprint density at radius 1 is 0.906 bits per heavy atom. The van der Waals surface area contributed by atoms with E-state index in [1.165, 1.54) is 19.5 Å². The Morgan fingerprint density at radius 3 is 2.50 bits per heavy atom. The number of nitrogens with one attached hydrogen (secondary N) is 3. The SMILES string of the molecule is COC[C@@H]1C[C@@H](c2nc3c(ccc4cc5c(cc43)OCc3cc(-c4cnc([C@@H]6CCCN6C(=O)[C@@H]([NH2+]C(=O)OC)C(C)C)[nH]4)ccc3-5)[nH]2)N(C(=O)[C@H](NC(=O)OC)c2ccccc2)C1. The highest BCUT2D eigenvalue weighted by Gasteiger charge is 2.42. The molecule has 5 atom stereocenters. The molecule has 0 bridgehead atoms. The fourth-order valence-corrected chi connectivity index (χ4v) is 9.61. The molecule has 3 aliphatic rings. The van der Waals surface area contributed by atoms with Crippen molar-refractivity contribution < 1.29 is 43.4 Å². The minimum atomic E-state index is -0.953. The molecule has 2 fully saturated rings. The van der Waals surface area contributed by atoms with Gasteiger partial charge in [0.25, 0.3) is 11.8 Å². The van der Waals surface area contributed by atoms with Crippen LogP contribution in [0.4, 0.5) is 9.59 Å². The van der Waals surface area contributed by atoms with Crippen LogP contribution in [0.2, 0.25) is 0 Å². The Hall–Kier alpha value is -6.78. The molecule has 332 valence electrons. The van der Waals surface area contributed by atoms with Gasteiger partial charge in [-0.25, -0.2) is 20.1 Å². The van der Waals surface area contributed by atoms with Gasteiger partial charge in [0.05, 0.1) is 55.8 Å². The number of H-pyrrole nitrogens is 2. The lowest BCUT2D eigenvalue weighted by atomic mass is 9.92. The lowest BCUT2D eigenvalue weighted by Gasteiger charge is -2.28. The Kier molecular flexibility index (Phi) is 11.8. The first-order valence-corrected chi connectivity index (χ1v) is 21.7. The summed E-state index contributed by atoms with van der Waals surface area (Å²) in [6, 6.07) is 21.6. The van der Waals surface area contributed by atoms with Crippen molar-refractivity contribution in [1.82, 2.24) is 35.1 Å². The van der Waals surface area contributed by atoms with E-state index in [9.17, 15) is 19.2 Å². The summed E-state index contributed by atoms with van der Waals surface area (Å²) < 4.78 is 21.7. The number of benzene rings is 4. The van der Waals surface area contributed by atoms with Crippen LogP contribution in [0.25, 0.3) is 44.2 Å². The number of methoxy groups -OCH3 is 3. The fourth-order valence-electron chi connectivity index (χ4n) is 9.61. The van der Waals surface area contributed by atoms with E-state index in [2.05, 4.69) is 45.6 Å². The van der Waals surface area contributed by atoms with Crippen molar-refractivity contribution in [2.24, 2.45) is 11.8 Å². The number of hydrogen-bond acceptors (Lipinski definition) is 10. The van der Waals surface area contributed by atoms with E-state index in [0.717, 1.165) is 68.3 Å². The molecule has 64 heavy (non-hydrogen) atoms. The number of fused-ring (bicyclic) bond motifs is 6. The van der Waals surface area contributed by atoms with Crippen molar-refractivity contribution in [3.8, 4) is 28.1 Å². The molecule has 0 radical (unpaired) electrons. The minimum absolute atomic E-state index is 0.0603. The van der Waals surface area contributed by atoms with Crippen molar-refractivity contribution in [3.05, 3.63) is 102 Å². The number of primary amides is 1. The van der Waals surface area contributed by atoms with Crippen molar-refractivity contribution >= 4 is 45.8 Å². The normalized spacial score (nSPS) is 19.0. The van der Waals surface area contributed by atoms with E-state index in [0.29, 0.717) is 49.9 Å². The highest BCUT2D eigenvalue weighted by Crippen LogP contribution is 2.44. The zero-order valence-corrected chi connectivity index (χ0v) is 36.6. The summed E-state index contributed by atoms with van der Waals surface area (Å²) in [5, 5.41) is 6.04. The summed E-state index contributed by atoms with van der Waals surface area (Å²) in [5.41, 5.74) is 7.13. The molecule has 5 N–H and O–H groups in total. The van der Waals surface area contributed by atoms with E-state index in [-0.39, 0.29) is 29.7 Å². The summed E-state index contributed by atoms with van der Waals surface area (Å²) in [5.74, 6) is 1.75. The van der Waals surface area contributed by atoms with Crippen molar-refractivity contribution in [1.29, 1.82) is 0 Å². The van der Waals surface area contributed by atoms with Gasteiger partial charge in [-0.3, -0.25) is 9.59 Å². The van der Waals surface area contributed by atoms with Crippen LogP contribution in [0.3, 0.4) is 0 Å². The maximum absolute atomic E-state index is 14.4. The number of nitrogens with zero attached hydrogens (tertiary/aromatic N) is 4. The van der Waals surface area contributed by atoms with Gasteiger partial charge in [-0.05, 0) is 71.2 Å². The number of amides is 4. The second kappa shape index (κ2) is 17.8. The van der Waals surface area contributed by atoms with Crippen LogP contribution in [0, 0.1) is 11.8 Å². The maximum atomic E-state index is 14.4. The minimum Gasteiger partial charge on any atom is -0.488 e. The molecule has 9 rings (SSSR count). The molecule has 0 saturated carbocycles. The van der Waals surface area contributed by atoms with E-state index in [1.54, 1.807) is 12.0 Å². The largest absolute Gasteiger partial charge is 0.513 e. The topological polar surface area (TPSA) is 198 Å². The summed E-state index contributed by atoms with van der Waals surface area (Å²) in [4.78, 5) is 73.3. The van der Waals surface area contributed by atoms with Gasteiger partial charge >= 0.3 is 12.2 Å². The van der Waals surface area contributed by atoms with E-state index in [4.69, 9.17) is 28.9 Å². The highest BCUT2D eigenvalue weighted by molar-refractivity contribution is 6.07. The van der Waals surface area contributed by atoms with E-state index in [1.807, 2.05) is 67.4 Å². The Labute approximate surface area is 370 Å². The summed E-state index contributed by atoms with van der Waals surface area (Å²) in [6.07, 6.45) is 2.85. The lowest BCUT2D eigenvalue weighted by Crippen LogP contribution is -2.96. The Bertz CT molecular complexity index is 2730. The Balaban J connectivity index is 0.977. The van der Waals surface area contributed by atoms with Gasteiger partial charge in [0.2, 0.25) is 0 Å². The van der Waals surface area contributed by atoms with Gasteiger partial charge in [-0.15, -0.1) is 0 Å². The molecule has 2 saturated heterocycles. The zero-order valence-electron chi connectivity index (χ0n) is 36.6. The van der Waals surface area contributed by atoms with Crippen LogP contribution in [0.1, 0.15) is 74.0 Å². The van der Waals surface area contributed by atoms with Crippen molar-refractivity contribution in [2.45, 2.75) is 63.9 Å². The van der Waals surface area contributed by atoms with Crippen molar-refractivity contribution in [3.63, 3.8) is 0 Å². The van der Waals surface area contributed by atoms with Crippen molar-refractivity contribution in [2.75, 3.05) is 41.0 Å². The average molecular weight is 870 g/mol. The molecule has 5 heterocycles. The van der Waals surface area contributed by atoms with Crippen LogP contribution >= 0.6 is 0 Å². The van der Waals surface area contributed by atoms with E-state index < -0.39 is 30.3 Å². The van der Waals surface area contributed by atoms with Crippen LogP contribution in [0.15, 0.2) is 79.0 Å². The number of rotatable bonds is 11. The van der Waals surface area contributed by atoms with Gasteiger partial charge in [0, 0.05) is 43.0 Å². The third-order valence-electron chi connectivity index (χ3n) is 12.9. The number of aromatic nitrogens is 4. The quantitative estimate of drug-likeness (QED) is 0.114. The first-order valence-electron chi connectivity index (χ1n) is 21.7. The van der Waals surface area contributed by atoms with Crippen LogP contribution in [-0.4, -0.2) is 101 Å². The molecule has 2 aromatic heterocycles. The predicted molar refractivity (Wildman–Crippen MR) is 237 cm³/mol. The molecule has 16 heteroatoms. The van der Waals surface area contributed by atoms with Gasteiger partial charge in [-0.1, -0.05) is 62.4 Å². The first kappa shape index (κ1) is 42.5. The van der Waals surface area contributed by atoms with Crippen LogP contribution in [-0.2, 0) is 30.4 Å². The second-order valence-corrected chi connectivity index (χ2v) is 17.2. The molecule has 16 nitrogen and oxygen atoms in total. The summed E-state index contributed by atoms with van der Waals surface area (Å²) in [7, 11) is 4.25. The Morgan fingerprint density at radius 2 is 1.73 bits per heavy atom. The smallest absolute Gasteiger partial charge is 0.488 e. The average Bonchev–Trinajstić information content (AvgIpc) is 4.15. The number of carbonyl (C=O) groups is 4. The number of ether oxygens (including phenoxy) is 4. The molecule has 4 amide bonds. The predicted octanol–water partition coefficient (Wildman–Crippen LogP) is 6.32. The zero-order chi connectivity index (χ0) is 44.6. The third-order valence-corrected chi connectivity index (χ3v) is 12.9. The molecular formula is C48H53N8O8+. The number of likely N-dealkylation sites (tertiary alicyclic amines) is 2. The number of hydrogen-bond donors (Lipinski definition) is 4. The molecule has 3 aliphatic heterocycles. The fraction of sp³-hybridized carbons (Fsp3) is 0.375. The summed E-state index contributed by atoms with van der Waals surface area (Å²) >= 11 is 0. The molecule has 4 aromatic carbocycles. The number of carbonyl (C=O) groups excluding carboxylic acids is 4. The van der Waals surface area contributed by atoms with Gasteiger partial charge < -0.3 is 44.0 Å². The molecule has 0 unspecified atom stereocenters. The third kappa shape index (κ3) is 8.03. The molecule has 0 aliphatic carbocycles. The number of alkyl carbamates (subject to hydrolysis) is 1. The highest BCUT2D eigenvalue weighted by atomic mass is 16.5. The standard InChI is InChI=1S/C48H52N8O8/c1-26(2)40(53-47(59)62-4)45(57)55-17-9-12-37(55)43-49-22-36(51-43)30-13-15-32-31(19-30)25-64-39-21-33-29(20-34(32)39)14-16-35-42(33)52-44(50-35)38-18-27(24-61-3)23-56(38)46(58)41(54-48(60)63-5)28-10-7-6-8-11-28/h6-8,10-11,13-16,19-22,26-27,37-38,40-41H,9,12,17-18,23-25H2,1-5H3,(H,49,51)(H,50,52)(H,53,59)(H,54,60)/p+1/t27-,37+,38+,40+,41-/m1/s1. The van der Waals surface area contributed by atoms with E-state index >= 15 is 0 Å². The number of nitrogens with two attached hydrogens (primary N) is 1. The monoisotopic (exact) mass is 869 g/mol. The lowest BCUT2D eigenvalue weighted by molar-refractivity contribution is -0.601. The number of imidazole rings is 2. The van der Waals surface area contributed by atoms with Gasteiger partial charge in [0.1, 0.15) is 30.0 Å². The first-order chi connectivity index (χ1) is 31.0. The van der Waals surface area contributed by atoms with Gasteiger partial charge in [-0.2, -0.15) is 4.79 Å².